The number of piperidine rings is 3. The third-order valence-electron chi connectivity index (χ3n) is 6.35. The lowest BCUT2D eigenvalue weighted by molar-refractivity contribution is -0.0273. The molecular weight excluding hydrogens is 309 g/mol. The maximum absolute atomic E-state index is 13.3. The van der Waals surface area contributed by atoms with Crippen LogP contribution in [-0.2, 0) is 0 Å². The van der Waals surface area contributed by atoms with Crippen LogP contribution < -0.4 is 0 Å². The molecule has 0 radical (unpaired) electrons. The minimum atomic E-state index is -0.229. The molecule has 3 saturated heterocycles. The first-order valence-corrected chi connectivity index (χ1v) is 9.45. The summed E-state index contributed by atoms with van der Waals surface area (Å²) in [6.07, 6.45) is 5.75. The van der Waals surface area contributed by atoms with Gasteiger partial charge in [-0.3, -0.25) is 9.69 Å². The van der Waals surface area contributed by atoms with E-state index >= 15 is 0 Å². The van der Waals surface area contributed by atoms with Crippen molar-refractivity contribution in [2.45, 2.75) is 37.6 Å². The van der Waals surface area contributed by atoms with E-state index in [-0.39, 0.29) is 11.6 Å². The summed E-state index contributed by atoms with van der Waals surface area (Å²) in [6, 6.07) is 6.72. The van der Waals surface area contributed by atoms with Crippen LogP contribution in [0.4, 0.5) is 4.39 Å². The lowest BCUT2D eigenvalue weighted by atomic mass is 9.70. The van der Waals surface area contributed by atoms with Crippen LogP contribution in [0.2, 0.25) is 0 Å². The van der Waals surface area contributed by atoms with E-state index in [0.29, 0.717) is 17.9 Å². The van der Waals surface area contributed by atoms with Crippen molar-refractivity contribution in [1.82, 2.24) is 4.90 Å². The molecule has 2 bridgehead atoms. The first-order valence-electron chi connectivity index (χ1n) is 8.63. The van der Waals surface area contributed by atoms with E-state index in [9.17, 15) is 9.18 Å². The van der Waals surface area contributed by atoms with Crippen molar-refractivity contribution in [2.75, 3.05) is 13.1 Å². The Balaban J connectivity index is 1.42. The quantitative estimate of drug-likeness (QED) is 0.774. The first kappa shape index (κ1) is 14.1. The van der Waals surface area contributed by atoms with Crippen LogP contribution in [0.1, 0.15) is 41.8 Å². The van der Waals surface area contributed by atoms with Gasteiger partial charge in [0, 0.05) is 16.7 Å². The van der Waals surface area contributed by atoms with E-state index in [4.69, 9.17) is 0 Å². The molecule has 1 unspecified atom stereocenters. The number of rotatable bonds is 3. The number of thiophene rings is 1. The van der Waals surface area contributed by atoms with E-state index < -0.39 is 0 Å². The molecular formula is C19H20FNOS. The molecule has 4 aliphatic rings. The first-order chi connectivity index (χ1) is 11.2. The summed E-state index contributed by atoms with van der Waals surface area (Å²) in [5, 5.41) is 0.981. The third kappa shape index (κ3) is 2.11. The van der Waals surface area contributed by atoms with Crippen molar-refractivity contribution in [3.63, 3.8) is 0 Å². The van der Waals surface area contributed by atoms with Crippen molar-refractivity contribution >= 4 is 27.2 Å². The van der Waals surface area contributed by atoms with Crippen molar-refractivity contribution in [3.8, 4) is 0 Å². The van der Waals surface area contributed by atoms with Gasteiger partial charge in [0.05, 0.1) is 4.88 Å². The van der Waals surface area contributed by atoms with E-state index in [1.54, 1.807) is 6.07 Å². The summed E-state index contributed by atoms with van der Waals surface area (Å²) < 4.78 is 14.2. The van der Waals surface area contributed by atoms with E-state index in [1.807, 2.05) is 6.07 Å². The summed E-state index contributed by atoms with van der Waals surface area (Å²) in [5.41, 5.74) is 0.361. The number of hydrogen-bond acceptors (Lipinski definition) is 3. The van der Waals surface area contributed by atoms with Gasteiger partial charge in [-0.2, -0.15) is 0 Å². The minimum absolute atomic E-state index is 0.229. The fourth-order valence-corrected chi connectivity index (χ4v) is 6.07. The SMILES string of the molecule is O=C(CC1C2CCN(CC2)C12CC2)c1cc2ccc(F)cc2s1. The van der Waals surface area contributed by atoms with E-state index in [0.717, 1.165) is 20.9 Å². The monoisotopic (exact) mass is 329 g/mol. The van der Waals surface area contributed by atoms with E-state index in [1.165, 1.54) is 62.2 Å². The van der Waals surface area contributed by atoms with E-state index in [2.05, 4.69) is 4.90 Å². The molecule has 4 heterocycles. The number of carbonyl (C=O) groups excluding carboxylic acids is 1. The highest BCUT2D eigenvalue weighted by molar-refractivity contribution is 7.20. The van der Waals surface area contributed by atoms with Crippen molar-refractivity contribution < 1.29 is 9.18 Å². The summed E-state index contributed by atoms with van der Waals surface area (Å²) in [4.78, 5) is 16.3. The van der Waals surface area contributed by atoms with Crippen LogP contribution in [-0.4, -0.2) is 29.3 Å². The Kier molecular flexibility index (Phi) is 2.99. The van der Waals surface area contributed by atoms with Crippen LogP contribution in [0.15, 0.2) is 24.3 Å². The molecule has 1 aromatic carbocycles. The highest BCUT2D eigenvalue weighted by Gasteiger charge is 2.60. The van der Waals surface area contributed by atoms with Gasteiger partial charge in [-0.25, -0.2) is 4.39 Å². The van der Waals surface area contributed by atoms with Crippen LogP contribution in [0, 0.1) is 17.7 Å². The van der Waals surface area contributed by atoms with Gasteiger partial charge in [0.2, 0.25) is 0 Å². The maximum atomic E-state index is 13.3. The number of carbonyl (C=O) groups is 1. The van der Waals surface area contributed by atoms with Gasteiger partial charge < -0.3 is 0 Å². The molecule has 1 spiro atoms. The number of hydrogen-bond donors (Lipinski definition) is 0. The fraction of sp³-hybridized carbons (Fsp3) is 0.526. The number of halogens is 1. The molecule has 6 rings (SSSR count). The molecule has 2 nitrogen and oxygen atoms in total. The normalized spacial score (nSPS) is 30.9. The zero-order chi connectivity index (χ0) is 15.6. The van der Waals surface area contributed by atoms with Crippen molar-refractivity contribution in [1.29, 1.82) is 0 Å². The molecule has 1 aliphatic carbocycles. The Morgan fingerprint density at radius 3 is 2.78 bits per heavy atom. The minimum Gasteiger partial charge on any atom is -0.297 e. The fourth-order valence-electron chi connectivity index (χ4n) is 5.03. The zero-order valence-electron chi connectivity index (χ0n) is 13.1. The zero-order valence-corrected chi connectivity index (χ0v) is 13.9. The Morgan fingerprint density at radius 1 is 1.26 bits per heavy atom. The standard InChI is InChI=1S/C19H20FNOS/c20-14-2-1-13-9-18(23-17(13)10-14)16(22)11-15-12-3-7-21(8-4-12)19(15)5-6-19/h1-2,9-10,12,15H,3-8,11H2. The van der Waals surface area contributed by atoms with Crippen LogP contribution in [0.3, 0.4) is 0 Å². The number of benzene rings is 1. The summed E-state index contributed by atoms with van der Waals surface area (Å²) in [7, 11) is 0. The molecule has 120 valence electrons. The van der Waals surface area contributed by atoms with Crippen molar-refractivity contribution in [3.05, 3.63) is 35.0 Å². The predicted molar refractivity (Wildman–Crippen MR) is 90.5 cm³/mol. The Bertz CT molecular complexity index is 786. The van der Waals surface area contributed by atoms with Gasteiger partial charge in [0.25, 0.3) is 0 Å². The highest BCUT2D eigenvalue weighted by atomic mass is 32.1. The van der Waals surface area contributed by atoms with Crippen LogP contribution in [0.25, 0.3) is 10.1 Å². The second-order valence-electron chi connectivity index (χ2n) is 7.45. The summed E-state index contributed by atoms with van der Waals surface area (Å²) in [6.45, 7) is 2.47. The second-order valence-corrected chi connectivity index (χ2v) is 8.54. The molecule has 0 amide bonds. The Labute approximate surface area is 139 Å². The number of nitrogens with zero attached hydrogens (tertiary/aromatic N) is 1. The van der Waals surface area contributed by atoms with Gasteiger partial charge in [-0.15, -0.1) is 11.3 Å². The summed E-state index contributed by atoms with van der Waals surface area (Å²) >= 11 is 1.45. The van der Waals surface area contributed by atoms with Crippen LogP contribution in [0.5, 0.6) is 0 Å². The number of ketones is 1. The average Bonchev–Trinajstić information content (AvgIpc) is 3.22. The Morgan fingerprint density at radius 2 is 2.04 bits per heavy atom. The molecule has 1 saturated carbocycles. The van der Waals surface area contributed by atoms with Gasteiger partial charge in [-0.05, 0) is 74.2 Å². The molecule has 4 fully saturated rings. The van der Waals surface area contributed by atoms with Crippen LogP contribution >= 0.6 is 11.3 Å². The van der Waals surface area contributed by atoms with Gasteiger partial charge >= 0.3 is 0 Å². The highest BCUT2D eigenvalue weighted by Crippen LogP contribution is 2.58. The van der Waals surface area contributed by atoms with Gasteiger partial charge in [-0.1, -0.05) is 6.07 Å². The van der Waals surface area contributed by atoms with Gasteiger partial charge in [0.1, 0.15) is 5.82 Å². The molecule has 4 heteroatoms. The Hall–Kier alpha value is -1.26. The predicted octanol–water partition coefficient (Wildman–Crippen LogP) is 4.49. The largest absolute Gasteiger partial charge is 0.297 e. The molecule has 2 aromatic rings. The second kappa shape index (κ2) is 4.87. The number of fused-ring (bicyclic) bond motifs is 3. The van der Waals surface area contributed by atoms with Gasteiger partial charge in [0.15, 0.2) is 5.78 Å². The molecule has 23 heavy (non-hydrogen) atoms. The molecule has 1 aromatic heterocycles. The topological polar surface area (TPSA) is 20.3 Å². The lowest BCUT2D eigenvalue weighted by Gasteiger charge is -2.52. The maximum Gasteiger partial charge on any atom is 0.173 e. The number of Topliss-reactive ketones (excluding diaryl/α,β-unsaturated/α-hetero) is 1. The molecule has 1 atom stereocenters. The van der Waals surface area contributed by atoms with Crippen molar-refractivity contribution in [2.24, 2.45) is 11.8 Å². The average molecular weight is 329 g/mol. The molecule has 3 aliphatic heterocycles. The third-order valence-corrected chi connectivity index (χ3v) is 7.49. The molecule has 0 N–H and O–H groups in total. The smallest absolute Gasteiger partial charge is 0.173 e. The summed E-state index contributed by atoms with van der Waals surface area (Å²) in [5.74, 6) is 1.31. The lowest BCUT2D eigenvalue weighted by Crippen LogP contribution is -2.57.